The van der Waals surface area contributed by atoms with Crippen LogP contribution in [0.25, 0.3) is 0 Å². The molecule has 1 saturated carbocycles. The molecule has 2 N–H and O–H groups in total. The van der Waals surface area contributed by atoms with Gasteiger partial charge < -0.3 is 15.5 Å². The Morgan fingerprint density at radius 3 is 2.50 bits per heavy atom. The number of nitrogens with zero attached hydrogens (tertiary/aromatic N) is 2. The maximum atomic E-state index is 13.8. The molecule has 168 valence electrons. The second-order valence-corrected chi connectivity index (χ2v) is 10.5. The zero-order valence-electron chi connectivity index (χ0n) is 17.9. The van der Waals surface area contributed by atoms with Crippen molar-refractivity contribution in [3.8, 4) is 0 Å². The zero-order chi connectivity index (χ0) is 21.4. The Labute approximate surface area is 180 Å². The lowest BCUT2D eigenvalue weighted by molar-refractivity contribution is 0.160. The summed E-state index contributed by atoms with van der Waals surface area (Å²) in [6.45, 7) is 3.59. The van der Waals surface area contributed by atoms with Gasteiger partial charge in [-0.1, -0.05) is 31.4 Å². The number of rotatable bonds is 7. The molecule has 8 heteroatoms. The standard InChI is InChI=1S/C22H35FN4O2S/c1-24-22(25-13-16-30(28,29)21-10-6-5-9-20(21)23)26-19-11-14-27(15-12-19)17-18-7-3-2-4-8-18/h5-6,9-10,18-19H,2-4,7-8,11-17H2,1H3,(H2,24,25,26). The summed E-state index contributed by atoms with van der Waals surface area (Å²) in [5, 5.41) is 6.47. The van der Waals surface area contributed by atoms with Crippen molar-refractivity contribution in [2.24, 2.45) is 10.9 Å². The van der Waals surface area contributed by atoms with Crippen molar-refractivity contribution in [3.63, 3.8) is 0 Å². The van der Waals surface area contributed by atoms with E-state index >= 15 is 0 Å². The van der Waals surface area contributed by atoms with Gasteiger partial charge in [0.15, 0.2) is 15.8 Å². The molecule has 1 aromatic rings. The lowest BCUT2D eigenvalue weighted by Gasteiger charge is -2.36. The molecule has 1 heterocycles. The second-order valence-electron chi connectivity index (χ2n) is 8.47. The molecule has 0 radical (unpaired) electrons. The van der Waals surface area contributed by atoms with E-state index in [0.29, 0.717) is 12.0 Å². The average molecular weight is 439 g/mol. The molecule has 2 fully saturated rings. The van der Waals surface area contributed by atoms with E-state index in [1.165, 1.54) is 62.9 Å². The first-order valence-electron chi connectivity index (χ1n) is 11.1. The molecular formula is C22H35FN4O2S. The maximum absolute atomic E-state index is 13.8. The van der Waals surface area contributed by atoms with Crippen molar-refractivity contribution in [2.75, 3.05) is 39.0 Å². The highest BCUT2D eigenvalue weighted by atomic mass is 32.2. The summed E-state index contributed by atoms with van der Waals surface area (Å²) >= 11 is 0. The minimum absolute atomic E-state index is 0.177. The topological polar surface area (TPSA) is 73.8 Å². The fourth-order valence-corrected chi connectivity index (χ4v) is 5.74. The van der Waals surface area contributed by atoms with E-state index in [-0.39, 0.29) is 17.2 Å². The van der Waals surface area contributed by atoms with Crippen LogP contribution in [0.3, 0.4) is 0 Å². The van der Waals surface area contributed by atoms with E-state index in [4.69, 9.17) is 0 Å². The van der Waals surface area contributed by atoms with E-state index < -0.39 is 15.7 Å². The summed E-state index contributed by atoms with van der Waals surface area (Å²) < 4.78 is 38.5. The highest BCUT2D eigenvalue weighted by Gasteiger charge is 2.23. The Balaban J connectivity index is 1.39. The van der Waals surface area contributed by atoms with Crippen LogP contribution >= 0.6 is 0 Å². The first kappa shape index (κ1) is 23.0. The van der Waals surface area contributed by atoms with Crippen LogP contribution in [-0.4, -0.2) is 64.3 Å². The van der Waals surface area contributed by atoms with Gasteiger partial charge in [0.1, 0.15) is 10.7 Å². The summed E-state index contributed by atoms with van der Waals surface area (Å²) in [5.41, 5.74) is 0. The van der Waals surface area contributed by atoms with Gasteiger partial charge in [-0.3, -0.25) is 4.99 Å². The fraction of sp³-hybridized carbons (Fsp3) is 0.682. The highest BCUT2D eigenvalue weighted by molar-refractivity contribution is 7.91. The van der Waals surface area contributed by atoms with Crippen LogP contribution in [0, 0.1) is 11.7 Å². The minimum atomic E-state index is -3.68. The summed E-state index contributed by atoms with van der Waals surface area (Å²) in [4.78, 5) is 6.56. The van der Waals surface area contributed by atoms with Crippen molar-refractivity contribution >= 4 is 15.8 Å². The van der Waals surface area contributed by atoms with Crippen molar-refractivity contribution in [3.05, 3.63) is 30.1 Å². The van der Waals surface area contributed by atoms with Crippen molar-refractivity contribution in [2.45, 2.75) is 55.9 Å². The molecule has 0 unspecified atom stereocenters. The number of nitrogens with one attached hydrogen (secondary N) is 2. The predicted molar refractivity (Wildman–Crippen MR) is 119 cm³/mol. The fourth-order valence-electron chi connectivity index (χ4n) is 4.49. The predicted octanol–water partition coefficient (Wildman–Crippen LogP) is 2.81. The Hall–Kier alpha value is -1.67. The summed E-state index contributed by atoms with van der Waals surface area (Å²) in [5.74, 6) is 0.577. The van der Waals surface area contributed by atoms with E-state index in [1.807, 2.05) is 0 Å². The number of sulfone groups is 1. The molecule has 0 amide bonds. The van der Waals surface area contributed by atoms with Gasteiger partial charge in [0.25, 0.3) is 0 Å². The lowest BCUT2D eigenvalue weighted by atomic mass is 9.88. The van der Waals surface area contributed by atoms with Gasteiger partial charge in [0.05, 0.1) is 5.75 Å². The second kappa shape index (κ2) is 11.1. The Morgan fingerprint density at radius 2 is 1.83 bits per heavy atom. The molecule has 0 bridgehead atoms. The normalized spacial score (nSPS) is 20.3. The van der Waals surface area contributed by atoms with Crippen molar-refractivity contribution in [1.82, 2.24) is 15.5 Å². The molecule has 6 nitrogen and oxygen atoms in total. The van der Waals surface area contributed by atoms with Gasteiger partial charge in [-0.05, 0) is 43.7 Å². The summed E-state index contributed by atoms with van der Waals surface area (Å²) in [7, 11) is -2.00. The van der Waals surface area contributed by atoms with Gasteiger partial charge in [-0.2, -0.15) is 0 Å². The third-order valence-electron chi connectivity index (χ3n) is 6.23. The number of aliphatic imine (C=N–C) groups is 1. The molecule has 0 spiro atoms. The molecule has 3 rings (SSSR count). The number of piperidine rings is 1. The van der Waals surface area contributed by atoms with Crippen LogP contribution in [0.15, 0.2) is 34.2 Å². The molecule has 0 atom stereocenters. The minimum Gasteiger partial charge on any atom is -0.355 e. The van der Waals surface area contributed by atoms with Crippen LogP contribution in [0.2, 0.25) is 0 Å². The molecule has 1 saturated heterocycles. The quantitative estimate of drug-likeness (QED) is 0.506. The highest BCUT2D eigenvalue weighted by Crippen LogP contribution is 2.25. The molecule has 1 aromatic carbocycles. The number of likely N-dealkylation sites (tertiary alicyclic amines) is 1. The Kier molecular flexibility index (Phi) is 8.50. The number of hydrogen-bond donors (Lipinski definition) is 2. The van der Waals surface area contributed by atoms with Crippen LogP contribution in [0.1, 0.15) is 44.9 Å². The van der Waals surface area contributed by atoms with Crippen LogP contribution in [0.4, 0.5) is 4.39 Å². The van der Waals surface area contributed by atoms with Gasteiger partial charge in [0.2, 0.25) is 0 Å². The number of benzene rings is 1. The first-order chi connectivity index (χ1) is 14.5. The third-order valence-corrected chi connectivity index (χ3v) is 7.97. The largest absolute Gasteiger partial charge is 0.355 e. The van der Waals surface area contributed by atoms with E-state index in [1.54, 1.807) is 7.05 Å². The SMILES string of the molecule is CN=C(NCCS(=O)(=O)c1ccccc1F)NC1CCN(CC2CCCCC2)CC1. The smallest absolute Gasteiger partial charge is 0.191 e. The Morgan fingerprint density at radius 1 is 1.13 bits per heavy atom. The molecule has 30 heavy (non-hydrogen) atoms. The van der Waals surface area contributed by atoms with Gasteiger partial charge in [-0.25, -0.2) is 12.8 Å². The Bertz CT molecular complexity index is 801. The maximum Gasteiger partial charge on any atom is 0.191 e. The number of hydrogen-bond acceptors (Lipinski definition) is 4. The van der Waals surface area contributed by atoms with E-state index in [9.17, 15) is 12.8 Å². The van der Waals surface area contributed by atoms with Gasteiger partial charge >= 0.3 is 0 Å². The van der Waals surface area contributed by atoms with Crippen LogP contribution < -0.4 is 10.6 Å². The summed E-state index contributed by atoms with van der Waals surface area (Å²) in [6.07, 6.45) is 9.04. The van der Waals surface area contributed by atoms with Crippen LogP contribution in [-0.2, 0) is 9.84 Å². The first-order valence-corrected chi connectivity index (χ1v) is 12.8. The lowest BCUT2D eigenvalue weighted by Crippen LogP contribution is -2.49. The van der Waals surface area contributed by atoms with Gasteiger partial charge in [0, 0.05) is 39.3 Å². The molecule has 1 aliphatic heterocycles. The van der Waals surface area contributed by atoms with Crippen molar-refractivity contribution in [1.29, 1.82) is 0 Å². The van der Waals surface area contributed by atoms with E-state index in [2.05, 4.69) is 20.5 Å². The third kappa shape index (κ3) is 6.67. The average Bonchev–Trinajstić information content (AvgIpc) is 2.75. The number of guanidine groups is 1. The van der Waals surface area contributed by atoms with Crippen molar-refractivity contribution < 1.29 is 12.8 Å². The van der Waals surface area contributed by atoms with E-state index in [0.717, 1.165) is 31.8 Å². The molecule has 2 aliphatic rings. The zero-order valence-corrected chi connectivity index (χ0v) is 18.8. The summed E-state index contributed by atoms with van der Waals surface area (Å²) in [6, 6.07) is 5.82. The molecular weight excluding hydrogens is 403 g/mol. The molecule has 0 aromatic heterocycles. The van der Waals surface area contributed by atoms with Gasteiger partial charge in [-0.15, -0.1) is 0 Å². The monoisotopic (exact) mass is 438 g/mol. The number of halogens is 1. The van der Waals surface area contributed by atoms with Crippen LogP contribution in [0.5, 0.6) is 0 Å². The molecule has 1 aliphatic carbocycles.